The molecule has 4 rings (SSSR count). The van der Waals surface area contributed by atoms with Gasteiger partial charge in [-0.15, -0.1) is 0 Å². The molecule has 1 aromatic heterocycles. The number of hydrogen-bond acceptors (Lipinski definition) is 5. The Morgan fingerprint density at radius 2 is 2.15 bits per heavy atom. The first kappa shape index (κ1) is 23.1. The quantitative estimate of drug-likeness (QED) is 0.587. The molecule has 1 amide bonds. The van der Waals surface area contributed by atoms with Crippen molar-refractivity contribution in [2.24, 2.45) is 0 Å². The number of methoxy groups -OCH3 is 1. The van der Waals surface area contributed by atoms with Crippen molar-refractivity contribution < 1.29 is 28.2 Å². The van der Waals surface area contributed by atoms with E-state index in [2.05, 4.69) is 0 Å². The second-order valence-corrected chi connectivity index (χ2v) is 8.08. The zero-order valence-electron chi connectivity index (χ0n) is 19.0. The molecule has 33 heavy (non-hydrogen) atoms. The Balaban J connectivity index is 2.13. The van der Waals surface area contributed by atoms with Crippen LogP contribution in [0.15, 0.2) is 18.2 Å². The molecule has 1 aliphatic rings. The van der Waals surface area contributed by atoms with Crippen molar-refractivity contribution in [1.82, 2.24) is 14.5 Å². The lowest BCUT2D eigenvalue weighted by atomic mass is 9.88. The fraction of sp³-hybridized carbons (Fsp3) is 0.417. The van der Waals surface area contributed by atoms with Crippen LogP contribution in [-0.2, 0) is 17.7 Å². The summed E-state index contributed by atoms with van der Waals surface area (Å²) in [5.74, 6) is -0.650. The van der Waals surface area contributed by atoms with E-state index in [4.69, 9.17) is 14.5 Å². The van der Waals surface area contributed by atoms with E-state index in [9.17, 15) is 14.3 Å². The molecule has 0 spiro atoms. The molecular weight excluding hydrogens is 432 g/mol. The Kier molecular flexibility index (Phi) is 6.62. The maximum atomic E-state index is 15.1. The van der Waals surface area contributed by atoms with Crippen LogP contribution in [0.4, 0.5) is 8.78 Å². The molecule has 0 unspecified atom stereocenters. The predicted octanol–water partition coefficient (Wildman–Crippen LogP) is 3.33. The SMILES string of the molecule is COCCn1c(C)nc2c(-c3ccc(F)cc3F)c(C(=O)N(C)CCO)c3c(c21)OCCC3. The van der Waals surface area contributed by atoms with E-state index in [-0.39, 0.29) is 30.2 Å². The van der Waals surface area contributed by atoms with Crippen molar-refractivity contribution in [2.75, 3.05) is 40.5 Å². The number of aliphatic hydroxyl groups excluding tert-OH is 1. The lowest BCUT2D eigenvalue weighted by molar-refractivity contribution is 0.0765. The van der Waals surface area contributed by atoms with Gasteiger partial charge in [0, 0.05) is 50.0 Å². The summed E-state index contributed by atoms with van der Waals surface area (Å²) < 4.78 is 42.1. The van der Waals surface area contributed by atoms with Gasteiger partial charge >= 0.3 is 0 Å². The summed E-state index contributed by atoms with van der Waals surface area (Å²) in [4.78, 5) is 19.7. The van der Waals surface area contributed by atoms with Crippen molar-refractivity contribution in [3.63, 3.8) is 0 Å². The van der Waals surface area contributed by atoms with Crippen LogP contribution >= 0.6 is 0 Å². The number of hydrogen-bond donors (Lipinski definition) is 1. The maximum Gasteiger partial charge on any atom is 0.254 e. The lowest BCUT2D eigenvalue weighted by Gasteiger charge is -2.27. The fourth-order valence-electron chi connectivity index (χ4n) is 4.40. The largest absolute Gasteiger partial charge is 0.491 e. The monoisotopic (exact) mass is 459 g/mol. The molecule has 0 bridgehead atoms. The number of benzene rings is 2. The van der Waals surface area contributed by atoms with Crippen molar-refractivity contribution in [3.8, 4) is 16.9 Å². The highest BCUT2D eigenvalue weighted by Gasteiger charge is 2.33. The number of nitrogens with zero attached hydrogens (tertiary/aromatic N) is 3. The Morgan fingerprint density at radius 3 is 2.85 bits per heavy atom. The number of carbonyl (C=O) groups excluding carboxylic acids is 1. The van der Waals surface area contributed by atoms with Gasteiger partial charge in [0.15, 0.2) is 0 Å². The highest BCUT2D eigenvalue weighted by Crippen LogP contribution is 2.44. The van der Waals surface area contributed by atoms with Gasteiger partial charge in [-0.2, -0.15) is 0 Å². The predicted molar refractivity (Wildman–Crippen MR) is 120 cm³/mol. The first-order chi connectivity index (χ1) is 15.9. The number of ether oxygens (including phenoxy) is 2. The van der Waals surface area contributed by atoms with Crippen LogP contribution in [0.25, 0.3) is 22.2 Å². The van der Waals surface area contributed by atoms with Gasteiger partial charge in [0.25, 0.3) is 5.91 Å². The van der Waals surface area contributed by atoms with Gasteiger partial charge in [0.2, 0.25) is 0 Å². The van der Waals surface area contributed by atoms with Crippen LogP contribution in [0.3, 0.4) is 0 Å². The molecule has 176 valence electrons. The third-order valence-corrected chi connectivity index (χ3v) is 5.97. The highest BCUT2D eigenvalue weighted by molar-refractivity contribution is 6.12. The summed E-state index contributed by atoms with van der Waals surface area (Å²) >= 11 is 0. The van der Waals surface area contributed by atoms with Crippen LogP contribution < -0.4 is 4.74 Å². The first-order valence-electron chi connectivity index (χ1n) is 10.9. The van der Waals surface area contributed by atoms with Crippen LogP contribution in [-0.4, -0.2) is 66.0 Å². The molecule has 1 N–H and O–H groups in total. The van der Waals surface area contributed by atoms with Gasteiger partial charge in [-0.05, 0) is 31.9 Å². The minimum atomic E-state index is -0.782. The maximum absolute atomic E-state index is 15.1. The van der Waals surface area contributed by atoms with Gasteiger partial charge in [-0.1, -0.05) is 0 Å². The molecule has 0 fully saturated rings. The van der Waals surface area contributed by atoms with E-state index in [1.807, 2.05) is 11.5 Å². The van der Waals surface area contributed by atoms with Crippen LogP contribution in [0.5, 0.6) is 5.75 Å². The number of aliphatic hydroxyl groups is 1. The number of fused-ring (bicyclic) bond motifs is 3. The van der Waals surface area contributed by atoms with Crippen LogP contribution in [0, 0.1) is 18.6 Å². The van der Waals surface area contributed by atoms with E-state index in [1.54, 1.807) is 14.2 Å². The highest BCUT2D eigenvalue weighted by atomic mass is 19.1. The topological polar surface area (TPSA) is 76.8 Å². The van der Waals surface area contributed by atoms with Gasteiger partial charge < -0.3 is 24.0 Å². The van der Waals surface area contributed by atoms with Crippen LogP contribution in [0.2, 0.25) is 0 Å². The molecule has 0 radical (unpaired) electrons. The first-order valence-corrected chi connectivity index (χ1v) is 10.9. The van der Waals surface area contributed by atoms with E-state index >= 15 is 4.39 Å². The van der Waals surface area contributed by atoms with E-state index < -0.39 is 11.6 Å². The van der Waals surface area contributed by atoms with Gasteiger partial charge in [0.1, 0.15) is 34.2 Å². The smallest absolute Gasteiger partial charge is 0.254 e. The lowest BCUT2D eigenvalue weighted by Crippen LogP contribution is -2.31. The molecule has 2 heterocycles. The molecule has 2 aromatic carbocycles. The van der Waals surface area contributed by atoms with E-state index in [0.29, 0.717) is 66.3 Å². The minimum Gasteiger partial charge on any atom is -0.491 e. The number of imidazole rings is 1. The third-order valence-electron chi connectivity index (χ3n) is 5.97. The number of rotatable bonds is 7. The van der Waals surface area contributed by atoms with Crippen molar-refractivity contribution in [1.29, 1.82) is 0 Å². The molecular formula is C24H27F2N3O4. The third kappa shape index (κ3) is 4.06. The summed E-state index contributed by atoms with van der Waals surface area (Å²) in [6.07, 6.45) is 1.25. The summed E-state index contributed by atoms with van der Waals surface area (Å²) in [6, 6.07) is 3.31. The summed E-state index contributed by atoms with van der Waals surface area (Å²) in [5.41, 5.74) is 2.42. The number of carbonyl (C=O) groups is 1. The number of aromatic nitrogens is 2. The van der Waals surface area contributed by atoms with Crippen LogP contribution in [0.1, 0.15) is 28.2 Å². The minimum absolute atomic E-state index is 0.0897. The normalized spacial score (nSPS) is 13.2. The van der Waals surface area contributed by atoms with Gasteiger partial charge in [-0.3, -0.25) is 4.79 Å². The fourth-order valence-corrected chi connectivity index (χ4v) is 4.40. The molecule has 7 nitrogen and oxygen atoms in total. The Morgan fingerprint density at radius 1 is 1.36 bits per heavy atom. The molecule has 0 atom stereocenters. The average Bonchev–Trinajstić information content (AvgIpc) is 3.12. The number of amides is 1. The van der Waals surface area contributed by atoms with E-state index in [0.717, 1.165) is 6.07 Å². The number of aryl methyl sites for hydroxylation is 1. The molecule has 0 saturated carbocycles. The zero-order valence-corrected chi connectivity index (χ0v) is 19.0. The summed E-state index contributed by atoms with van der Waals surface area (Å²) in [5, 5.41) is 9.38. The molecule has 1 aliphatic heterocycles. The molecule has 3 aromatic rings. The zero-order chi connectivity index (χ0) is 23.7. The van der Waals surface area contributed by atoms with Gasteiger partial charge in [-0.25, -0.2) is 13.8 Å². The Bertz CT molecular complexity index is 1210. The Hall–Kier alpha value is -3.04. The average molecular weight is 459 g/mol. The second-order valence-electron chi connectivity index (χ2n) is 8.08. The summed E-state index contributed by atoms with van der Waals surface area (Å²) in [7, 11) is 3.18. The van der Waals surface area contributed by atoms with Gasteiger partial charge in [0.05, 0.1) is 25.4 Å². The summed E-state index contributed by atoms with van der Waals surface area (Å²) in [6.45, 7) is 3.14. The standard InChI is InChI=1S/C24H27F2N3O4/c1-14-27-21-19(16-7-6-15(25)13-18(16)26)20(24(31)28(2)8-10-30)17-5-4-11-33-23(17)22(21)29(14)9-12-32-3/h6-7,13,30H,4-5,8-12H2,1-3H3. The van der Waals surface area contributed by atoms with Crippen molar-refractivity contribution in [2.45, 2.75) is 26.3 Å². The Labute approximate surface area is 190 Å². The van der Waals surface area contributed by atoms with Crippen molar-refractivity contribution in [3.05, 3.63) is 46.8 Å². The molecule has 0 saturated heterocycles. The number of halogens is 2. The van der Waals surface area contributed by atoms with E-state index in [1.165, 1.54) is 17.0 Å². The number of likely N-dealkylation sites (N-methyl/N-ethyl adjacent to an activating group) is 1. The van der Waals surface area contributed by atoms with Crippen molar-refractivity contribution >= 4 is 16.9 Å². The second kappa shape index (κ2) is 9.44. The molecule has 0 aliphatic carbocycles. The molecule has 9 heteroatoms.